The van der Waals surface area contributed by atoms with Crippen LogP contribution in [-0.2, 0) is 0 Å². The third-order valence-corrected chi connectivity index (χ3v) is 4.36. The highest BCUT2D eigenvalue weighted by Crippen LogP contribution is 2.29. The van der Waals surface area contributed by atoms with Crippen LogP contribution >= 0.6 is 12.2 Å². The smallest absolute Gasteiger partial charge is 0.171 e. The number of aromatic nitrogens is 1. The average Bonchev–Trinajstić information content (AvgIpc) is 2.72. The van der Waals surface area contributed by atoms with E-state index < -0.39 is 0 Å². The van der Waals surface area contributed by atoms with Crippen LogP contribution in [0.5, 0.6) is 17.2 Å². The molecule has 0 aliphatic rings. The summed E-state index contributed by atoms with van der Waals surface area (Å²) in [6, 6.07) is 15.2. The van der Waals surface area contributed by atoms with Crippen LogP contribution < -0.4 is 24.8 Å². The number of ether oxygens (including phenoxy) is 3. The number of nitrogens with one attached hydrogen (secondary N) is 2. The first-order valence-electron chi connectivity index (χ1n) is 8.87. The monoisotopic (exact) mass is 397 g/mol. The van der Waals surface area contributed by atoms with Gasteiger partial charge in [0.05, 0.1) is 20.3 Å². The number of anilines is 1. The second-order valence-electron chi connectivity index (χ2n) is 6.18. The summed E-state index contributed by atoms with van der Waals surface area (Å²) in [5, 5.41) is 7.90. The lowest BCUT2D eigenvalue weighted by molar-refractivity contribution is 0.270. The fourth-order valence-corrected chi connectivity index (χ4v) is 3.11. The zero-order chi connectivity index (χ0) is 19.9. The number of rotatable bonds is 7. The summed E-state index contributed by atoms with van der Waals surface area (Å²) in [6.45, 7) is 2.43. The van der Waals surface area contributed by atoms with E-state index in [-0.39, 0.29) is 6.04 Å². The van der Waals surface area contributed by atoms with E-state index in [1.807, 2.05) is 55.5 Å². The zero-order valence-corrected chi connectivity index (χ0v) is 16.9. The Labute approximate surface area is 169 Å². The summed E-state index contributed by atoms with van der Waals surface area (Å²) in [4.78, 5) is 4.40. The summed E-state index contributed by atoms with van der Waals surface area (Å²) in [5.74, 6) is 2.12. The molecule has 3 aromatic rings. The second kappa shape index (κ2) is 9.23. The highest BCUT2D eigenvalue weighted by molar-refractivity contribution is 7.80. The minimum atomic E-state index is -0.00690. The van der Waals surface area contributed by atoms with E-state index in [4.69, 9.17) is 26.4 Å². The van der Waals surface area contributed by atoms with Gasteiger partial charge in [0, 0.05) is 17.3 Å². The summed E-state index contributed by atoms with van der Waals surface area (Å²) in [6.07, 6.45) is 1.74. The van der Waals surface area contributed by atoms with E-state index in [1.165, 1.54) is 0 Å². The lowest BCUT2D eigenvalue weighted by Crippen LogP contribution is -2.39. The molecule has 1 aromatic heterocycles. The fraction of sp³-hybridized carbons (Fsp3) is 0.238. The molecule has 0 aliphatic heterocycles. The van der Waals surface area contributed by atoms with Crippen LogP contribution in [0, 0.1) is 0 Å². The number of pyridine rings is 1. The largest absolute Gasteiger partial charge is 0.494 e. The van der Waals surface area contributed by atoms with E-state index in [2.05, 4.69) is 15.6 Å². The first-order chi connectivity index (χ1) is 13.6. The Bertz CT molecular complexity index is 965. The van der Waals surface area contributed by atoms with E-state index in [9.17, 15) is 0 Å². The third-order valence-electron chi connectivity index (χ3n) is 4.14. The van der Waals surface area contributed by atoms with Gasteiger partial charge in [-0.1, -0.05) is 12.1 Å². The Morgan fingerprint density at radius 3 is 2.50 bits per heavy atom. The summed E-state index contributed by atoms with van der Waals surface area (Å²) < 4.78 is 16.5. The van der Waals surface area contributed by atoms with Crippen LogP contribution in [0.15, 0.2) is 54.7 Å². The molecule has 2 N–H and O–H groups in total. The summed E-state index contributed by atoms with van der Waals surface area (Å²) in [7, 11) is 3.25. The lowest BCUT2D eigenvalue weighted by atomic mass is 10.1. The summed E-state index contributed by atoms with van der Waals surface area (Å²) >= 11 is 5.46. The highest BCUT2D eigenvalue weighted by Gasteiger charge is 2.11. The molecule has 0 spiro atoms. The molecule has 6 nitrogen and oxygen atoms in total. The number of fused-ring (bicyclic) bond motifs is 1. The Balaban J connectivity index is 1.62. The number of hydrogen-bond acceptors (Lipinski definition) is 5. The molecular weight excluding hydrogens is 374 g/mol. The molecule has 146 valence electrons. The van der Waals surface area contributed by atoms with Gasteiger partial charge in [0.15, 0.2) is 16.6 Å². The molecule has 28 heavy (non-hydrogen) atoms. The molecule has 0 aliphatic carbocycles. The van der Waals surface area contributed by atoms with Gasteiger partial charge in [0.2, 0.25) is 0 Å². The second-order valence-corrected chi connectivity index (χ2v) is 6.58. The van der Waals surface area contributed by atoms with Gasteiger partial charge in [0.1, 0.15) is 17.9 Å². The van der Waals surface area contributed by atoms with Gasteiger partial charge in [-0.2, -0.15) is 0 Å². The summed E-state index contributed by atoms with van der Waals surface area (Å²) in [5.41, 5.74) is 1.64. The van der Waals surface area contributed by atoms with Crippen LogP contribution in [0.25, 0.3) is 10.9 Å². The number of methoxy groups -OCH3 is 2. The van der Waals surface area contributed by atoms with Crippen LogP contribution in [-0.4, -0.2) is 37.0 Å². The minimum Gasteiger partial charge on any atom is -0.494 e. The average molecular weight is 398 g/mol. The molecule has 0 saturated heterocycles. The molecule has 1 atom stereocenters. The number of para-hydroxylation sites is 2. The van der Waals surface area contributed by atoms with E-state index in [0.717, 1.165) is 22.3 Å². The normalized spacial score (nSPS) is 11.5. The van der Waals surface area contributed by atoms with Gasteiger partial charge >= 0.3 is 0 Å². The molecule has 0 amide bonds. The predicted molar refractivity (Wildman–Crippen MR) is 116 cm³/mol. The van der Waals surface area contributed by atoms with Gasteiger partial charge in [0.25, 0.3) is 0 Å². The number of benzene rings is 2. The van der Waals surface area contributed by atoms with Crippen molar-refractivity contribution in [2.45, 2.75) is 13.0 Å². The van der Waals surface area contributed by atoms with Crippen molar-refractivity contribution in [2.24, 2.45) is 0 Å². The van der Waals surface area contributed by atoms with Crippen LogP contribution in [0.3, 0.4) is 0 Å². The molecule has 0 fully saturated rings. The number of hydrogen-bond donors (Lipinski definition) is 2. The molecular formula is C21H23N3O3S. The Morgan fingerprint density at radius 2 is 1.75 bits per heavy atom. The van der Waals surface area contributed by atoms with Crippen LogP contribution in [0.2, 0.25) is 0 Å². The fourth-order valence-electron chi connectivity index (χ4n) is 2.80. The maximum absolute atomic E-state index is 5.84. The SMILES string of the molecule is COc1ccccc1OC[C@@H](C)NC(=S)Nc1ccc(OC)c2ncccc12. The van der Waals surface area contributed by atoms with Crippen molar-refractivity contribution in [3.05, 3.63) is 54.7 Å². The van der Waals surface area contributed by atoms with Crippen LogP contribution in [0.1, 0.15) is 6.92 Å². The van der Waals surface area contributed by atoms with Crippen molar-refractivity contribution in [3.8, 4) is 17.2 Å². The number of thiocarbonyl (C=S) groups is 1. The molecule has 7 heteroatoms. The van der Waals surface area contributed by atoms with Crippen molar-refractivity contribution >= 4 is 33.9 Å². The molecule has 0 bridgehead atoms. The number of nitrogens with zero attached hydrogens (tertiary/aromatic N) is 1. The van der Waals surface area contributed by atoms with Gasteiger partial charge in [-0.15, -0.1) is 0 Å². The van der Waals surface area contributed by atoms with Crippen molar-refractivity contribution in [3.63, 3.8) is 0 Å². The maximum Gasteiger partial charge on any atom is 0.171 e. The van der Waals surface area contributed by atoms with Crippen molar-refractivity contribution in [2.75, 3.05) is 26.1 Å². The molecule has 1 heterocycles. The predicted octanol–water partition coefficient (Wildman–Crippen LogP) is 4.01. The Morgan fingerprint density at radius 1 is 1.00 bits per heavy atom. The molecule has 0 unspecified atom stereocenters. The van der Waals surface area contributed by atoms with Crippen molar-refractivity contribution < 1.29 is 14.2 Å². The lowest BCUT2D eigenvalue weighted by Gasteiger charge is -2.19. The van der Waals surface area contributed by atoms with Crippen molar-refractivity contribution in [1.82, 2.24) is 10.3 Å². The highest BCUT2D eigenvalue weighted by atomic mass is 32.1. The van der Waals surface area contributed by atoms with Gasteiger partial charge in [-0.3, -0.25) is 4.98 Å². The van der Waals surface area contributed by atoms with E-state index in [0.29, 0.717) is 23.2 Å². The topological polar surface area (TPSA) is 64.6 Å². The molecule has 0 saturated carbocycles. The zero-order valence-electron chi connectivity index (χ0n) is 16.1. The Hall–Kier alpha value is -3.06. The van der Waals surface area contributed by atoms with Crippen molar-refractivity contribution in [1.29, 1.82) is 0 Å². The van der Waals surface area contributed by atoms with Gasteiger partial charge in [-0.25, -0.2) is 0 Å². The first kappa shape index (κ1) is 19.7. The van der Waals surface area contributed by atoms with Gasteiger partial charge in [-0.05, 0) is 55.5 Å². The van der Waals surface area contributed by atoms with Crippen LogP contribution in [0.4, 0.5) is 5.69 Å². The van der Waals surface area contributed by atoms with E-state index >= 15 is 0 Å². The van der Waals surface area contributed by atoms with Gasteiger partial charge < -0.3 is 24.8 Å². The molecule has 2 aromatic carbocycles. The Kier molecular flexibility index (Phi) is 6.49. The quantitative estimate of drug-likeness (QED) is 0.584. The minimum absolute atomic E-state index is 0.00690. The first-order valence-corrected chi connectivity index (χ1v) is 9.28. The van der Waals surface area contributed by atoms with E-state index in [1.54, 1.807) is 20.4 Å². The standard InChI is InChI=1S/C21H23N3O3S/c1-14(13-27-18-9-5-4-8-17(18)25-2)23-21(28)24-16-10-11-19(26-3)20-15(16)7-6-12-22-20/h4-12,14H,13H2,1-3H3,(H2,23,24,28)/t14-/m1/s1. The molecule has 3 rings (SSSR count). The maximum atomic E-state index is 5.84. The third kappa shape index (κ3) is 4.61. The molecule has 0 radical (unpaired) electrons.